The van der Waals surface area contributed by atoms with Gasteiger partial charge in [-0.3, -0.25) is 0 Å². The van der Waals surface area contributed by atoms with Crippen molar-refractivity contribution in [2.45, 2.75) is 0 Å². The van der Waals surface area contributed by atoms with Crippen LogP contribution >= 0.6 is 0 Å². The maximum absolute atomic E-state index is 2.22. The van der Waals surface area contributed by atoms with E-state index < -0.39 is 0 Å². The molecule has 0 saturated heterocycles. The molecule has 0 N–H and O–H groups in total. The number of rotatable bonds is 0. The van der Waals surface area contributed by atoms with Gasteiger partial charge in [0, 0.05) is 0 Å². The summed E-state index contributed by atoms with van der Waals surface area (Å²) in [6, 6.07) is 19.5. The molecule has 0 heterocycles. The van der Waals surface area contributed by atoms with Gasteiger partial charge in [0.05, 0.1) is 0 Å². The van der Waals surface area contributed by atoms with Crippen molar-refractivity contribution in [3.8, 4) is 0 Å². The quantitative estimate of drug-likeness (QED) is 0.534. The standard InChI is InChI=1S/C14H9.Ir/c1-3-7-13-11(5-1)9-10-12-6-2-4-8-14(12)13;/h1-5,7-10H;. The monoisotopic (exact) mass is 370 g/mol. The Morgan fingerprint density at radius 1 is 0.600 bits per heavy atom. The van der Waals surface area contributed by atoms with Crippen LogP contribution < -0.4 is 4.08 Å². The Morgan fingerprint density at radius 2 is 1.40 bits per heavy atom. The molecule has 74 valence electrons. The molecule has 0 unspecified atom stereocenters. The molecule has 0 fully saturated rings. The van der Waals surface area contributed by atoms with Crippen LogP contribution in [0.15, 0.2) is 54.6 Å². The minimum atomic E-state index is 1.32. The van der Waals surface area contributed by atoms with Crippen LogP contribution in [0, 0.1) is 0 Å². The van der Waals surface area contributed by atoms with Gasteiger partial charge in [-0.05, 0) is 0 Å². The van der Waals surface area contributed by atoms with Gasteiger partial charge < -0.3 is 0 Å². The van der Waals surface area contributed by atoms with Gasteiger partial charge in [0.25, 0.3) is 0 Å². The second kappa shape index (κ2) is 3.44. The Labute approximate surface area is 99.1 Å². The third kappa shape index (κ3) is 1.40. The number of hydrogen-bond acceptors (Lipinski definition) is 0. The van der Waals surface area contributed by atoms with E-state index in [9.17, 15) is 0 Å². The SMILES string of the molecule is [Ir][c]1cccc2c1ccc1ccccc12. The summed E-state index contributed by atoms with van der Waals surface area (Å²) in [7, 11) is 0. The first kappa shape index (κ1) is 9.08. The molecular formula is C14H9Ir. The van der Waals surface area contributed by atoms with E-state index in [0.29, 0.717) is 0 Å². The molecule has 0 amide bonds. The van der Waals surface area contributed by atoms with Crippen molar-refractivity contribution in [2.24, 2.45) is 0 Å². The Bertz CT molecular complexity index is 641. The van der Waals surface area contributed by atoms with Gasteiger partial charge in [0.1, 0.15) is 0 Å². The van der Waals surface area contributed by atoms with Crippen LogP contribution in [0.25, 0.3) is 21.5 Å². The van der Waals surface area contributed by atoms with Crippen LogP contribution in [0.3, 0.4) is 0 Å². The van der Waals surface area contributed by atoms with E-state index in [1.165, 1.54) is 25.6 Å². The van der Waals surface area contributed by atoms with Crippen molar-refractivity contribution in [1.82, 2.24) is 0 Å². The molecule has 15 heavy (non-hydrogen) atoms. The van der Waals surface area contributed by atoms with Crippen LogP contribution in [-0.2, 0) is 18.9 Å². The normalized spacial score (nSPS) is 11.1. The Morgan fingerprint density at radius 3 is 2.33 bits per heavy atom. The summed E-state index contributed by atoms with van der Waals surface area (Å²) >= 11 is 2.16. The van der Waals surface area contributed by atoms with E-state index in [-0.39, 0.29) is 0 Å². The van der Waals surface area contributed by atoms with Crippen molar-refractivity contribution in [1.29, 1.82) is 0 Å². The second-order valence-electron chi connectivity index (χ2n) is 3.60. The second-order valence-corrected chi connectivity index (χ2v) is 4.89. The Kier molecular flexibility index (Phi) is 2.09. The molecule has 3 aromatic rings. The molecule has 0 aliphatic heterocycles. The summed E-state index contributed by atoms with van der Waals surface area (Å²) in [4.78, 5) is 0. The van der Waals surface area contributed by atoms with Crippen molar-refractivity contribution in [2.75, 3.05) is 0 Å². The van der Waals surface area contributed by atoms with Gasteiger partial charge in [0.15, 0.2) is 0 Å². The summed E-state index contributed by atoms with van der Waals surface area (Å²) in [6.45, 7) is 0. The van der Waals surface area contributed by atoms with Crippen molar-refractivity contribution in [3.63, 3.8) is 0 Å². The van der Waals surface area contributed by atoms with Gasteiger partial charge in [-0.1, -0.05) is 0 Å². The fraction of sp³-hybridized carbons (Fsp3) is 0. The summed E-state index contributed by atoms with van der Waals surface area (Å²) < 4.78 is 1.35. The van der Waals surface area contributed by atoms with Gasteiger partial charge in [-0.15, -0.1) is 0 Å². The molecule has 0 aliphatic carbocycles. The fourth-order valence-corrected chi connectivity index (χ4v) is 2.74. The summed E-state index contributed by atoms with van der Waals surface area (Å²) in [5.41, 5.74) is 0. The van der Waals surface area contributed by atoms with Crippen LogP contribution in [-0.4, -0.2) is 0 Å². The molecule has 0 atom stereocenters. The van der Waals surface area contributed by atoms with Crippen LogP contribution in [0.5, 0.6) is 0 Å². The number of benzene rings is 3. The van der Waals surface area contributed by atoms with E-state index in [2.05, 4.69) is 73.5 Å². The molecule has 3 aromatic carbocycles. The first-order valence-electron chi connectivity index (χ1n) is 4.90. The predicted molar refractivity (Wildman–Crippen MR) is 61.1 cm³/mol. The first-order valence-corrected chi connectivity index (χ1v) is 6.10. The van der Waals surface area contributed by atoms with Crippen molar-refractivity contribution in [3.05, 3.63) is 54.6 Å². The van der Waals surface area contributed by atoms with E-state index in [1.807, 2.05) is 0 Å². The van der Waals surface area contributed by atoms with Crippen LogP contribution in [0.1, 0.15) is 0 Å². The van der Waals surface area contributed by atoms with Crippen molar-refractivity contribution < 1.29 is 18.9 Å². The van der Waals surface area contributed by atoms with E-state index in [1.54, 1.807) is 0 Å². The summed E-state index contributed by atoms with van der Waals surface area (Å²) in [6.07, 6.45) is 0. The summed E-state index contributed by atoms with van der Waals surface area (Å²) in [5.74, 6) is 0. The molecule has 0 saturated carbocycles. The van der Waals surface area contributed by atoms with Crippen LogP contribution in [0.4, 0.5) is 0 Å². The van der Waals surface area contributed by atoms with Crippen LogP contribution in [0.2, 0.25) is 0 Å². The molecule has 0 nitrogen and oxygen atoms in total. The molecule has 1 heteroatoms. The number of fused-ring (bicyclic) bond motifs is 3. The third-order valence-corrected chi connectivity index (χ3v) is 3.76. The Hall–Kier alpha value is -1.17. The molecule has 0 bridgehead atoms. The summed E-state index contributed by atoms with van der Waals surface area (Å²) in [5, 5.41) is 5.37. The molecule has 0 radical (unpaired) electrons. The maximum atomic E-state index is 2.22. The topological polar surface area (TPSA) is 0 Å². The van der Waals surface area contributed by atoms with Gasteiger partial charge in [-0.25, -0.2) is 0 Å². The first-order chi connectivity index (χ1) is 7.36. The molecule has 3 rings (SSSR count). The van der Waals surface area contributed by atoms with Gasteiger partial charge in [0.2, 0.25) is 0 Å². The zero-order valence-electron chi connectivity index (χ0n) is 8.03. The van der Waals surface area contributed by atoms with E-state index >= 15 is 0 Å². The molecular weight excluding hydrogens is 360 g/mol. The zero-order chi connectivity index (χ0) is 10.3. The average molecular weight is 369 g/mol. The molecule has 0 aliphatic rings. The Balaban J connectivity index is 2.60. The zero-order valence-corrected chi connectivity index (χ0v) is 10.4. The third-order valence-electron chi connectivity index (χ3n) is 2.71. The molecule has 0 aromatic heterocycles. The van der Waals surface area contributed by atoms with Crippen molar-refractivity contribution >= 4 is 25.6 Å². The van der Waals surface area contributed by atoms with E-state index in [0.717, 1.165) is 0 Å². The van der Waals surface area contributed by atoms with Gasteiger partial charge in [-0.2, -0.15) is 0 Å². The number of hydrogen-bond donors (Lipinski definition) is 0. The molecule has 0 spiro atoms. The fourth-order valence-electron chi connectivity index (χ4n) is 1.99. The average Bonchev–Trinajstić information content (AvgIpc) is 2.29. The van der Waals surface area contributed by atoms with Gasteiger partial charge >= 0.3 is 99.1 Å². The van der Waals surface area contributed by atoms with E-state index in [4.69, 9.17) is 0 Å². The minimum absolute atomic E-state index is 1.32. The predicted octanol–water partition coefficient (Wildman–Crippen LogP) is 3.17.